The van der Waals surface area contributed by atoms with E-state index in [2.05, 4.69) is 0 Å². The number of ether oxygens (including phenoxy) is 1. The highest BCUT2D eigenvalue weighted by molar-refractivity contribution is 5.90. The van der Waals surface area contributed by atoms with Crippen molar-refractivity contribution in [2.75, 3.05) is 6.61 Å². The highest BCUT2D eigenvalue weighted by Crippen LogP contribution is 2.69. The van der Waals surface area contributed by atoms with E-state index in [-0.39, 0.29) is 29.6 Å². The summed E-state index contributed by atoms with van der Waals surface area (Å²) in [7, 11) is 0. The summed E-state index contributed by atoms with van der Waals surface area (Å²) in [6.07, 6.45) is 3.50. The molecule has 1 fully saturated rings. The summed E-state index contributed by atoms with van der Waals surface area (Å²) >= 11 is 0. The number of fused-ring (bicyclic) bond motifs is 2. The van der Waals surface area contributed by atoms with Crippen molar-refractivity contribution in [1.82, 2.24) is 0 Å². The standard InChI is InChI=1S/C19H20O6/c1-3-13-15-14(21)8-9-19(13,17(23)24)18(15,2)10-25-16(22)11-4-6-12(20)7-5-11/h4-9,13,20-21H,3,10H2,1-2H3,(H,23,24). The van der Waals surface area contributed by atoms with Gasteiger partial charge in [-0.15, -0.1) is 0 Å². The van der Waals surface area contributed by atoms with E-state index in [1.807, 2.05) is 6.92 Å². The smallest absolute Gasteiger partial charge is 0.338 e. The fraction of sp³-hybridized carbons (Fsp3) is 0.368. The van der Waals surface area contributed by atoms with E-state index < -0.39 is 22.8 Å². The van der Waals surface area contributed by atoms with Gasteiger partial charge in [0.2, 0.25) is 0 Å². The number of aliphatic carboxylic acids is 1. The van der Waals surface area contributed by atoms with E-state index in [1.54, 1.807) is 6.92 Å². The molecule has 132 valence electrons. The zero-order valence-corrected chi connectivity index (χ0v) is 14.0. The van der Waals surface area contributed by atoms with Gasteiger partial charge in [0.1, 0.15) is 23.5 Å². The number of phenolic OH excluding ortho intramolecular Hbond substituents is 1. The number of esters is 1. The third kappa shape index (κ3) is 2.17. The molecule has 0 radical (unpaired) electrons. The molecule has 6 heteroatoms. The van der Waals surface area contributed by atoms with Crippen molar-refractivity contribution in [3.8, 4) is 5.75 Å². The molecule has 3 N–H and O–H groups in total. The molecule has 0 amide bonds. The van der Waals surface area contributed by atoms with Crippen molar-refractivity contribution in [3.63, 3.8) is 0 Å². The Bertz CT molecular complexity index is 791. The first-order valence-corrected chi connectivity index (χ1v) is 8.10. The molecule has 0 saturated heterocycles. The highest BCUT2D eigenvalue weighted by atomic mass is 16.5. The second-order valence-corrected chi connectivity index (χ2v) is 6.72. The average Bonchev–Trinajstić information content (AvgIpc) is 2.58. The van der Waals surface area contributed by atoms with Crippen LogP contribution < -0.4 is 0 Å². The van der Waals surface area contributed by atoms with Gasteiger partial charge in [0.25, 0.3) is 0 Å². The molecule has 2 aliphatic carbocycles. The quantitative estimate of drug-likeness (QED) is 0.709. The topological polar surface area (TPSA) is 104 Å². The normalized spacial score (nSPS) is 29.9. The monoisotopic (exact) mass is 344 g/mol. The summed E-state index contributed by atoms with van der Waals surface area (Å²) in [5.74, 6) is -1.82. The predicted octanol–water partition coefficient (Wildman–Crippen LogP) is 3.05. The lowest BCUT2D eigenvalue weighted by Crippen LogP contribution is -2.65. The van der Waals surface area contributed by atoms with Crippen molar-refractivity contribution in [2.24, 2.45) is 16.7 Å². The largest absolute Gasteiger partial charge is 0.508 e. The number of carboxylic acids is 1. The molecule has 2 aliphatic rings. The van der Waals surface area contributed by atoms with Gasteiger partial charge in [0.15, 0.2) is 0 Å². The fourth-order valence-corrected chi connectivity index (χ4v) is 4.27. The summed E-state index contributed by atoms with van der Waals surface area (Å²) in [6.45, 7) is 3.42. The molecule has 0 heterocycles. The van der Waals surface area contributed by atoms with Crippen LogP contribution in [0.2, 0.25) is 0 Å². The van der Waals surface area contributed by atoms with E-state index in [9.17, 15) is 24.9 Å². The van der Waals surface area contributed by atoms with Gasteiger partial charge >= 0.3 is 11.9 Å². The van der Waals surface area contributed by atoms with Gasteiger partial charge in [0.05, 0.1) is 5.56 Å². The first-order chi connectivity index (χ1) is 11.8. The average molecular weight is 344 g/mol. The van der Waals surface area contributed by atoms with E-state index in [4.69, 9.17) is 4.74 Å². The van der Waals surface area contributed by atoms with Gasteiger partial charge in [-0.3, -0.25) is 4.79 Å². The molecule has 6 nitrogen and oxygen atoms in total. The lowest BCUT2D eigenvalue weighted by Gasteiger charge is -2.62. The van der Waals surface area contributed by atoms with Gasteiger partial charge in [-0.2, -0.15) is 0 Å². The van der Waals surface area contributed by atoms with Crippen LogP contribution in [0.4, 0.5) is 0 Å². The summed E-state index contributed by atoms with van der Waals surface area (Å²) < 4.78 is 5.36. The number of rotatable bonds is 5. The molecule has 2 bridgehead atoms. The third-order valence-corrected chi connectivity index (χ3v) is 5.54. The van der Waals surface area contributed by atoms with Crippen molar-refractivity contribution < 1.29 is 29.6 Å². The summed E-state index contributed by atoms with van der Waals surface area (Å²) in [6, 6.07) is 5.61. The first-order valence-electron chi connectivity index (χ1n) is 8.10. The first kappa shape index (κ1) is 17.1. The third-order valence-electron chi connectivity index (χ3n) is 5.54. The molecule has 1 aromatic carbocycles. The number of carboxylic acid groups (broad SMARTS) is 1. The maximum atomic E-state index is 12.2. The van der Waals surface area contributed by atoms with E-state index in [0.29, 0.717) is 12.0 Å². The number of aliphatic hydroxyl groups is 1. The number of phenols is 1. The Morgan fingerprint density at radius 2 is 1.84 bits per heavy atom. The van der Waals surface area contributed by atoms with Gasteiger partial charge < -0.3 is 20.1 Å². The van der Waals surface area contributed by atoms with Gasteiger partial charge in [-0.25, -0.2) is 4.79 Å². The maximum absolute atomic E-state index is 12.2. The van der Waals surface area contributed by atoms with Crippen molar-refractivity contribution in [2.45, 2.75) is 20.3 Å². The SMILES string of the molecule is CCC1C2=C(O)C=CC1(C(=O)O)C2(C)COC(=O)c1ccc(O)cc1. The van der Waals surface area contributed by atoms with Crippen LogP contribution in [0.5, 0.6) is 5.75 Å². The zero-order valence-electron chi connectivity index (χ0n) is 14.0. The van der Waals surface area contributed by atoms with Crippen LogP contribution in [0.3, 0.4) is 0 Å². The van der Waals surface area contributed by atoms with Gasteiger partial charge in [0, 0.05) is 11.3 Å². The zero-order chi connectivity index (χ0) is 18.4. The summed E-state index contributed by atoms with van der Waals surface area (Å²) in [4.78, 5) is 24.3. The van der Waals surface area contributed by atoms with Crippen molar-refractivity contribution in [3.05, 3.63) is 53.3 Å². The Kier molecular flexibility index (Phi) is 3.86. The number of carbonyl (C=O) groups excluding carboxylic acids is 1. The second-order valence-electron chi connectivity index (χ2n) is 6.72. The molecule has 25 heavy (non-hydrogen) atoms. The molecule has 3 unspecified atom stereocenters. The Labute approximate surface area is 145 Å². The van der Waals surface area contributed by atoms with Gasteiger partial charge in [-0.1, -0.05) is 19.9 Å². The molecule has 3 rings (SSSR count). The summed E-state index contributed by atoms with van der Waals surface area (Å²) in [5, 5.41) is 29.3. The van der Waals surface area contributed by atoms with Crippen molar-refractivity contribution in [1.29, 1.82) is 0 Å². The lowest BCUT2D eigenvalue weighted by atomic mass is 9.39. The number of benzene rings is 1. The maximum Gasteiger partial charge on any atom is 0.338 e. The number of hydrogen-bond donors (Lipinski definition) is 3. The number of allylic oxidation sites excluding steroid dienone is 1. The molecular weight excluding hydrogens is 324 g/mol. The number of hydrogen-bond acceptors (Lipinski definition) is 5. The minimum absolute atomic E-state index is 0.0351. The van der Waals surface area contributed by atoms with Crippen LogP contribution in [0.25, 0.3) is 0 Å². The number of carbonyl (C=O) groups is 2. The van der Waals surface area contributed by atoms with Crippen LogP contribution in [-0.2, 0) is 9.53 Å². The molecule has 0 aromatic heterocycles. The minimum Gasteiger partial charge on any atom is -0.508 e. The lowest BCUT2D eigenvalue weighted by molar-refractivity contribution is -0.170. The van der Waals surface area contributed by atoms with E-state index in [0.717, 1.165) is 0 Å². The molecule has 1 saturated carbocycles. The minimum atomic E-state index is -1.20. The molecule has 0 spiro atoms. The Hall–Kier alpha value is -2.76. The van der Waals surface area contributed by atoms with Crippen LogP contribution in [0.15, 0.2) is 47.7 Å². The fourth-order valence-electron chi connectivity index (χ4n) is 4.27. The van der Waals surface area contributed by atoms with E-state index >= 15 is 0 Å². The summed E-state index contributed by atoms with van der Waals surface area (Å²) in [5.41, 5.74) is -1.31. The van der Waals surface area contributed by atoms with Crippen LogP contribution in [-0.4, -0.2) is 33.9 Å². The Balaban J connectivity index is 1.86. The second kappa shape index (κ2) is 5.65. The molecule has 1 aromatic rings. The Morgan fingerprint density at radius 1 is 1.20 bits per heavy atom. The molecular formula is C19H20O6. The van der Waals surface area contributed by atoms with Crippen LogP contribution in [0, 0.1) is 16.7 Å². The van der Waals surface area contributed by atoms with Crippen LogP contribution in [0.1, 0.15) is 30.6 Å². The van der Waals surface area contributed by atoms with Crippen molar-refractivity contribution >= 4 is 11.9 Å². The predicted molar refractivity (Wildman–Crippen MR) is 89.1 cm³/mol. The Morgan fingerprint density at radius 3 is 2.40 bits per heavy atom. The number of aliphatic hydroxyl groups excluding tert-OH is 1. The number of aromatic hydroxyl groups is 1. The molecule has 0 aliphatic heterocycles. The molecule has 3 atom stereocenters. The highest BCUT2D eigenvalue weighted by Gasteiger charge is 2.71. The van der Waals surface area contributed by atoms with E-state index in [1.165, 1.54) is 36.4 Å². The van der Waals surface area contributed by atoms with Crippen LogP contribution >= 0.6 is 0 Å². The van der Waals surface area contributed by atoms with Gasteiger partial charge in [-0.05, 0) is 42.3 Å².